The zero-order chi connectivity index (χ0) is 8.27. The summed E-state index contributed by atoms with van der Waals surface area (Å²) in [5.41, 5.74) is 8.10. The summed E-state index contributed by atoms with van der Waals surface area (Å²) in [6.45, 7) is 2.83. The molecule has 1 aromatic carbocycles. The van der Waals surface area contributed by atoms with Gasteiger partial charge in [-0.2, -0.15) is 0 Å². The molecule has 1 nitrogen and oxygen atoms in total. The van der Waals surface area contributed by atoms with Gasteiger partial charge in [-0.3, -0.25) is 0 Å². The minimum absolute atomic E-state index is 0. The zero-order valence-corrected chi connectivity index (χ0v) is 9.41. The molecule has 3 heteroatoms. The molecule has 0 saturated heterocycles. The summed E-state index contributed by atoms with van der Waals surface area (Å²) in [4.78, 5) is 0. The van der Waals surface area contributed by atoms with Crippen molar-refractivity contribution < 1.29 is 0 Å². The van der Waals surface area contributed by atoms with Crippen molar-refractivity contribution in [2.45, 2.75) is 13.3 Å². The van der Waals surface area contributed by atoms with Crippen LogP contribution in [-0.2, 0) is 6.42 Å². The highest BCUT2D eigenvalue weighted by Gasteiger charge is 1.98. The highest BCUT2D eigenvalue weighted by atomic mass is 79.9. The Morgan fingerprint density at radius 2 is 2.08 bits per heavy atom. The molecule has 0 aliphatic heterocycles. The predicted molar refractivity (Wildman–Crippen MR) is 58.9 cm³/mol. The van der Waals surface area contributed by atoms with Gasteiger partial charge < -0.3 is 5.73 Å². The van der Waals surface area contributed by atoms with Crippen molar-refractivity contribution in [1.29, 1.82) is 0 Å². The van der Waals surface area contributed by atoms with E-state index < -0.39 is 0 Å². The van der Waals surface area contributed by atoms with Crippen molar-refractivity contribution in [3.05, 3.63) is 33.8 Å². The first kappa shape index (κ1) is 11.9. The van der Waals surface area contributed by atoms with E-state index >= 15 is 0 Å². The molecule has 12 heavy (non-hydrogen) atoms. The number of rotatable bonds is 2. The van der Waals surface area contributed by atoms with E-state index in [1.807, 2.05) is 6.07 Å². The average Bonchev–Trinajstić information content (AvgIpc) is 1.99. The fourth-order valence-corrected chi connectivity index (χ4v) is 1.49. The molecule has 0 amide bonds. The standard InChI is InChI=1S/C9H12BrN.ClH/c1-7-8(5-6-11)3-2-4-9(7)10;/h2-4H,5-6,11H2,1H3;1H. The fourth-order valence-electron chi connectivity index (χ4n) is 1.08. The van der Waals surface area contributed by atoms with Crippen LogP contribution in [0.25, 0.3) is 0 Å². The van der Waals surface area contributed by atoms with Gasteiger partial charge in [-0.05, 0) is 37.1 Å². The van der Waals surface area contributed by atoms with E-state index in [9.17, 15) is 0 Å². The van der Waals surface area contributed by atoms with Gasteiger partial charge in [-0.25, -0.2) is 0 Å². The molecule has 0 heterocycles. The molecule has 0 aliphatic rings. The molecule has 1 rings (SSSR count). The van der Waals surface area contributed by atoms with Gasteiger partial charge in [0.15, 0.2) is 0 Å². The van der Waals surface area contributed by atoms with E-state index in [1.165, 1.54) is 15.6 Å². The van der Waals surface area contributed by atoms with Crippen LogP contribution < -0.4 is 5.73 Å². The minimum atomic E-state index is 0. The number of halogens is 2. The molecule has 1 aromatic rings. The Kier molecular flexibility index (Phi) is 5.55. The quantitative estimate of drug-likeness (QED) is 0.858. The molecule has 0 fully saturated rings. The molecule has 0 spiro atoms. The Bertz CT molecular complexity index is 250. The number of benzene rings is 1. The number of hydrogen-bond acceptors (Lipinski definition) is 1. The topological polar surface area (TPSA) is 26.0 Å². The van der Waals surface area contributed by atoms with Crippen molar-refractivity contribution in [1.82, 2.24) is 0 Å². The van der Waals surface area contributed by atoms with Crippen LogP contribution >= 0.6 is 28.3 Å². The second kappa shape index (κ2) is 5.57. The predicted octanol–water partition coefficient (Wildman–Crippen LogP) is 2.68. The second-order valence-electron chi connectivity index (χ2n) is 2.56. The molecule has 0 unspecified atom stereocenters. The minimum Gasteiger partial charge on any atom is -0.330 e. The van der Waals surface area contributed by atoms with E-state index in [0.717, 1.165) is 13.0 Å². The molecule has 0 aliphatic carbocycles. The average molecular weight is 251 g/mol. The molecule has 0 aromatic heterocycles. The SMILES string of the molecule is Cc1c(Br)cccc1CCN.Cl. The van der Waals surface area contributed by atoms with E-state index in [4.69, 9.17) is 5.73 Å². The summed E-state index contributed by atoms with van der Waals surface area (Å²) in [5, 5.41) is 0. The summed E-state index contributed by atoms with van der Waals surface area (Å²) in [6.07, 6.45) is 0.964. The van der Waals surface area contributed by atoms with Crippen LogP contribution in [0, 0.1) is 6.92 Å². The molecule has 0 radical (unpaired) electrons. The monoisotopic (exact) mass is 249 g/mol. The molecule has 0 saturated carbocycles. The van der Waals surface area contributed by atoms with Crippen molar-refractivity contribution >= 4 is 28.3 Å². The maximum absolute atomic E-state index is 5.46. The van der Waals surface area contributed by atoms with Crippen LogP contribution in [0.4, 0.5) is 0 Å². The first-order valence-electron chi connectivity index (χ1n) is 3.69. The zero-order valence-electron chi connectivity index (χ0n) is 7.01. The normalized spacial score (nSPS) is 9.25. The maximum atomic E-state index is 5.46. The Hall–Kier alpha value is -0.0500. The van der Waals surface area contributed by atoms with Crippen LogP contribution in [-0.4, -0.2) is 6.54 Å². The largest absolute Gasteiger partial charge is 0.330 e. The van der Waals surface area contributed by atoms with E-state index in [1.54, 1.807) is 0 Å². The summed E-state index contributed by atoms with van der Waals surface area (Å²) in [6, 6.07) is 6.21. The van der Waals surface area contributed by atoms with Crippen molar-refractivity contribution in [3.63, 3.8) is 0 Å². The van der Waals surface area contributed by atoms with E-state index in [0.29, 0.717) is 0 Å². The lowest BCUT2D eigenvalue weighted by Crippen LogP contribution is -2.04. The van der Waals surface area contributed by atoms with Crippen LogP contribution in [0.3, 0.4) is 0 Å². The molecule has 0 bridgehead atoms. The summed E-state index contributed by atoms with van der Waals surface area (Å²) in [5.74, 6) is 0. The van der Waals surface area contributed by atoms with Gasteiger partial charge in [-0.1, -0.05) is 28.1 Å². The van der Waals surface area contributed by atoms with Gasteiger partial charge in [0.2, 0.25) is 0 Å². The Morgan fingerprint density at radius 3 is 2.67 bits per heavy atom. The molecule has 2 N–H and O–H groups in total. The molecular weight excluding hydrogens is 237 g/mol. The fraction of sp³-hybridized carbons (Fsp3) is 0.333. The van der Waals surface area contributed by atoms with Gasteiger partial charge in [0.25, 0.3) is 0 Å². The van der Waals surface area contributed by atoms with Crippen molar-refractivity contribution in [3.8, 4) is 0 Å². The number of hydrogen-bond donors (Lipinski definition) is 1. The maximum Gasteiger partial charge on any atom is 0.0207 e. The summed E-state index contributed by atoms with van der Waals surface area (Å²) in [7, 11) is 0. The molecule has 0 atom stereocenters. The summed E-state index contributed by atoms with van der Waals surface area (Å²) >= 11 is 3.48. The first-order chi connectivity index (χ1) is 5.25. The van der Waals surface area contributed by atoms with Gasteiger partial charge in [-0.15, -0.1) is 12.4 Å². The second-order valence-corrected chi connectivity index (χ2v) is 3.42. The van der Waals surface area contributed by atoms with Gasteiger partial charge in [0, 0.05) is 4.47 Å². The third kappa shape index (κ3) is 2.77. The highest BCUT2D eigenvalue weighted by Crippen LogP contribution is 2.19. The van der Waals surface area contributed by atoms with Gasteiger partial charge >= 0.3 is 0 Å². The van der Waals surface area contributed by atoms with E-state index in [-0.39, 0.29) is 12.4 Å². The number of nitrogens with two attached hydrogens (primary N) is 1. The lowest BCUT2D eigenvalue weighted by molar-refractivity contribution is 0.956. The van der Waals surface area contributed by atoms with E-state index in [2.05, 4.69) is 35.0 Å². The molecule has 68 valence electrons. The smallest absolute Gasteiger partial charge is 0.0207 e. The lowest BCUT2D eigenvalue weighted by Gasteiger charge is -2.04. The Morgan fingerprint density at radius 1 is 1.42 bits per heavy atom. The third-order valence-corrected chi connectivity index (χ3v) is 2.65. The van der Waals surface area contributed by atoms with Gasteiger partial charge in [0.05, 0.1) is 0 Å². The third-order valence-electron chi connectivity index (χ3n) is 1.79. The van der Waals surface area contributed by atoms with Crippen molar-refractivity contribution in [2.24, 2.45) is 5.73 Å². The summed E-state index contributed by atoms with van der Waals surface area (Å²) < 4.78 is 1.17. The van der Waals surface area contributed by atoms with Gasteiger partial charge in [0.1, 0.15) is 0 Å². The van der Waals surface area contributed by atoms with Crippen LogP contribution in [0.2, 0.25) is 0 Å². The first-order valence-corrected chi connectivity index (χ1v) is 4.49. The van der Waals surface area contributed by atoms with Crippen LogP contribution in [0.5, 0.6) is 0 Å². The lowest BCUT2D eigenvalue weighted by atomic mass is 10.1. The van der Waals surface area contributed by atoms with Crippen LogP contribution in [0.1, 0.15) is 11.1 Å². The highest BCUT2D eigenvalue weighted by molar-refractivity contribution is 9.10. The van der Waals surface area contributed by atoms with Crippen molar-refractivity contribution in [2.75, 3.05) is 6.54 Å². The Labute approximate surface area is 87.9 Å². The Balaban J connectivity index is 0.00000121. The van der Waals surface area contributed by atoms with Crippen LogP contribution in [0.15, 0.2) is 22.7 Å². The molecular formula is C9H13BrClN.